The Morgan fingerprint density at radius 1 is 1.33 bits per heavy atom. The number of nitrogens with two attached hydrogens (primary N) is 1. The van der Waals surface area contributed by atoms with Crippen LogP contribution in [0.15, 0.2) is 23.0 Å². The molecular formula is C18H23N3O2S. The first-order valence-electron chi connectivity index (χ1n) is 8.41. The number of hydrogen-bond donors (Lipinski definition) is 2. The summed E-state index contributed by atoms with van der Waals surface area (Å²) in [6.45, 7) is 1.98. The summed E-state index contributed by atoms with van der Waals surface area (Å²) in [5, 5.41) is 1.21. The van der Waals surface area contributed by atoms with E-state index in [1.807, 2.05) is 36.9 Å². The third kappa shape index (κ3) is 3.98. The molecule has 1 heterocycles. The van der Waals surface area contributed by atoms with Crippen molar-refractivity contribution in [3.63, 3.8) is 0 Å². The summed E-state index contributed by atoms with van der Waals surface area (Å²) >= 11 is 1.85. The fourth-order valence-corrected chi connectivity index (χ4v) is 4.54. The average Bonchev–Trinajstić information content (AvgIpc) is 2.55. The molecule has 1 aliphatic rings. The SMILES string of the molecule is Cc1cccc2c(=O)[nH]c(CS[C@H]3CC[C@H](CC(N)=O)CC3)nc12. The van der Waals surface area contributed by atoms with Crippen LogP contribution in [0.3, 0.4) is 0 Å². The molecule has 0 atom stereocenters. The van der Waals surface area contributed by atoms with Gasteiger partial charge in [-0.25, -0.2) is 4.98 Å². The molecule has 1 aromatic heterocycles. The number of rotatable bonds is 5. The molecule has 0 radical (unpaired) electrons. The van der Waals surface area contributed by atoms with E-state index in [-0.39, 0.29) is 11.5 Å². The molecule has 0 aliphatic heterocycles. The Morgan fingerprint density at radius 2 is 2.08 bits per heavy atom. The molecule has 128 valence electrons. The number of aromatic nitrogens is 2. The van der Waals surface area contributed by atoms with Crippen LogP contribution < -0.4 is 11.3 Å². The third-order valence-corrected chi connectivity index (χ3v) is 6.11. The molecule has 2 aromatic rings. The van der Waals surface area contributed by atoms with Crippen LogP contribution in [-0.2, 0) is 10.5 Å². The molecule has 3 N–H and O–H groups in total. The van der Waals surface area contributed by atoms with Gasteiger partial charge in [-0.1, -0.05) is 12.1 Å². The van der Waals surface area contributed by atoms with Crippen molar-refractivity contribution >= 4 is 28.6 Å². The number of nitrogens with zero attached hydrogens (tertiary/aromatic N) is 1. The molecule has 0 spiro atoms. The fraction of sp³-hybridized carbons (Fsp3) is 0.500. The minimum Gasteiger partial charge on any atom is -0.370 e. The van der Waals surface area contributed by atoms with Crippen LogP contribution >= 0.6 is 11.8 Å². The van der Waals surface area contributed by atoms with Gasteiger partial charge in [-0.05, 0) is 50.2 Å². The topological polar surface area (TPSA) is 88.8 Å². The molecule has 1 aromatic carbocycles. The van der Waals surface area contributed by atoms with E-state index in [1.165, 1.54) is 0 Å². The van der Waals surface area contributed by atoms with Gasteiger partial charge in [0.15, 0.2) is 0 Å². The maximum Gasteiger partial charge on any atom is 0.258 e. The molecule has 3 rings (SSSR count). The van der Waals surface area contributed by atoms with Crippen molar-refractivity contribution in [1.82, 2.24) is 9.97 Å². The zero-order valence-electron chi connectivity index (χ0n) is 13.9. The number of amides is 1. The molecule has 24 heavy (non-hydrogen) atoms. The lowest BCUT2D eigenvalue weighted by Gasteiger charge is -2.27. The van der Waals surface area contributed by atoms with Gasteiger partial charge in [0, 0.05) is 11.7 Å². The molecule has 1 amide bonds. The lowest BCUT2D eigenvalue weighted by atomic mass is 9.86. The summed E-state index contributed by atoms with van der Waals surface area (Å²) in [4.78, 5) is 30.7. The highest BCUT2D eigenvalue weighted by atomic mass is 32.2. The quantitative estimate of drug-likeness (QED) is 0.872. The highest BCUT2D eigenvalue weighted by Gasteiger charge is 2.22. The number of thioether (sulfide) groups is 1. The first-order chi connectivity index (χ1) is 11.5. The lowest BCUT2D eigenvalue weighted by molar-refractivity contribution is -0.119. The monoisotopic (exact) mass is 345 g/mol. The number of primary amides is 1. The van der Waals surface area contributed by atoms with E-state index in [2.05, 4.69) is 9.97 Å². The van der Waals surface area contributed by atoms with E-state index in [9.17, 15) is 9.59 Å². The maximum absolute atomic E-state index is 12.2. The van der Waals surface area contributed by atoms with E-state index in [4.69, 9.17) is 5.73 Å². The number of aromatic amines is 1. The molecule has 6 heteroatoms. The summed E-state index contributed by atoms with van der Waals surface area (Å²) in [6.07, 6.45) is 4.82. The van der Waals surface area contributed by atoms with E-state index >= 15 is 0 Å². The van der Waals surface area contributed by atoms with Crippen LogP contribution in [0.5, 0.6) is 0 Å². The van der Waals surface area contributed by atoms with Crippen LogP contribution in [0, 0.1) is 12.8 Å². The van der Waals surface area contributed by atoms with Crippen molar-refractivity contribution in [2.75, 3.05) is 0 Å². The van der Waals surface area contributed by atoms with Crippen LogP contribution in [0.25, 0.3) is 10.9 Å². The number of H-pyrrole nitrogens is 1. The smallest absolute Gasteiger partial charge is 0.258 e. The van der Waals surface area contributed by atoms with Gasteiger partial charge in [0.2, 0.25) is 5.91 Å². The molecule has 0 unspecified atom stereocenters. The highest BCUT2D eigenvalue weighted by Crippen LogP contribution is 2.34. The van der Waals surface area contributed by atoms with Crippen molar-refractivity contribution < 1.29 is 4.79 Å². The number of aryl methyl sites for hydroxylation is 1. The number of hydrogen-bond acceptors (Lipinski definition) is 4. The molecule has 1 aliphatic carbocycles. The fourth-order valence-electron chi connectivity index (χ4n) is 3.40. The van der Waals surface area contributed by atoms with Gasteiger partial charge < -0.3 is 10.7 Å². The average molecular weight is 345 g/mol. The number of benzene rings is 1. The number of nitrogens with one attached hydrogen (secondary N) is 1. The predicted octanol–water partition coefficient (Wildman–Crippen LogP) is 2.90. The standard InChI is InChI=1S/C18H23N3O2S/c1-11-3-2-4-14-17(11)20-16(21-18(14)23)10-24-13-7-5-12(6-8-13)9-15(19)22/h2-4,12-13H,5-10H2,1H3,(H2,19,22)(H,20,21,23)/t12-,13-. The summed E-state index contributed by atoms with van der Waals surface area (Å²) in [5.74, 6) is 1.70. The van der Waals surface area contributed by atoms with Gasteiger partial charge in [-0.15, -0.1) is 0 Å². The van der Waals surface area contributed by atoms with Crippen molar-refractivity contribution in [1.29, 1.82) is 0 Å². The van der Waals surface area contributed by atoms with Gasteiger partial charge >= 0.3 is 0 Å². The van der Waals surface area contributed by atoms with Crippen LogP contribution in [0.2, 0.25) is 0 Å². The first-order valence-corrected chi connectivity index (χ1v) is 9.46. The summed E-state index contributed by atoms with van der Waals surface area (Å²) in [6, 6.07) is 5.67. The van der Waals surface area contributed by atoms with Crippen molar-refractivity contribution in [2.24, 2.45) is 11.7 Å². The maximum atomic E-state index is 12.2. The van der Waals surface area contributed by atoms with E-state index in [0.717, 1.165) is 42.6 Å². The summed E-state index contributed by atoms with van der Waals surface area (Å²) < 4.78 is 0. The first kappa shape index (κ1) is 17.0. The molecule has 5 nitrogen and oxygen atoms in total. The van der Waals surface area contributed by atoms with Gasteiger partial charge in [-0.2, -0.15) is 11.8 Å². The van der Waals surface area contributed by atoms with Crippen molar-refractivity contribution in [3.8, 4) is 0 Å². The molecule has 1 saturated carbocycles. The minimum atomic E-state index is -0.195. The highest BCUT2D eigenvalue weighted by molar-refractivity contribution is 7.99. The van der Waals surface area contributed by atoms with Crippen LogP contribution in [-0.4, -0.2) is 21.1 Å². The number of carbonyl (C=O) groups is 1. The summed E-state index contributed by atoms with van der Waals surface area (Å²) in [7, 11) is 0. The minimum absolute atomic E-state index is 0.0653. The van der Waals surface area contributed by atoms with E-state index < -0.39 is 0 Å². The normalized spacial score (nSPS) is 21.0. The summed E-state index contributed by atoms with van der Waals surface area (Å²) in [5.41, 5.74) is 7.03. The zero-order chi connectivity index (χ0) is 17.1. The number of fused-ring (bicyclic) bond motifs is 1. The Balaban J connectivity index is 1.62. The largest absolute Gasteiger partial charge is 0.370 e. The van der Waals surface area contributed by atoms with Crippen LogP contribution in [0.4, 0.5) is 0 Å². The van der Waals surface area contributed by atoms with Gasteiger partial charge in [-0.3, -0.25) is 9.59 Å². The Kier molecular flexibility index (Phi) is 5.23. The van der Waals surface area contributed by atoms with Gasteiger partial charge in [0.1, 0.15) is 5.82 Å². The van der Waals surface area contributed by atoms with Crippen molar-refractivity contribution in [2.45, 2.75) is 50.0 Å². The Labute approximate surface area is 145 Å². The zero-order valence-corrected chi connectivity index (χ0v) is 14.7. The molecule has 0 bridgehead atoms. The molecule has 1 fully saturated rings. The number of carbonyl (C=O) groups excluding carboxylic acids is 1. The molecular weight excluding hydrogens is 322 g/mol. The lowest BCUT2D eigenvalue weighted by Crippen LogP contribution is -2.22. The van der Waals surface area contributed by atoms with E-state index in [1.54, 1.807) is 0 Å². The predicted molar refractivity (Wildman–Crippen MR) is 98.0 cm³/mol. The Bertz CT molecular complexity index is 794. The van der Waals surface area contributed by atoms with Gasteiger partial charge in [0.25, 0.3) is 5.56 Å². The number of para-hydroxylation sites is 1. The van der Waals surface area contributed by atoms with Crippen molar-refractivity contribution in [3.05, 3.63) is 39.9 Å². The second-order valence-electron chi connectivity index (χ2n) is 6.61. The van der Waals surface area contributed by atoms with E-state index in [0.29, 0.717) is 28.7 Å². The molecule has 0 saturated heterocycles. The second kappa shape index (κ2) is 7.38. The second-order valence-corrected chi connectivity index (χ2v) is 7.90. The Morgan fingerprint density at radius 3 is 2.79 bits per heavy atom. The van der Waals surface area contributed by atoms with Crippen LogP contribution in [0.1, 0.15) is 43.5 Å². The Hall–Kier alpha value is -1.82. The third-order valence-electron chi connectivity index (χ3n) is 4.73. The van der Waals surface area contributed by atoms with Gasteiger partial charge in [0.05, 0.1) is 16.7 Å².